The monoisotopic (exact) mass is 366 g/mol. The largest absolute Gasteiger partial charge is 0.378 e. The Morgan fingerprint density at radius 3 is 2.59 bits per heavy atom. The molecule has 0 bridgehead atoms. The molecule has 0 N–H and O–H groups in total. The topological polar surface area (TPSA) is 39.7 Å². The molecule has 0 radical (unpaired) electrons. The van der Waals surface area contributed by atoms with E-state index in [1.165, 1.54) is 5.56 Å². The second kappa shape index (κ2) is 8.42. The van der Waals surface area contributed by atoms with Crippen molar-refractivity contribution in [2.24, 2.45) is 0 Å². The summed E-state index contributed by atoms with van der Waals surface area (Å²) < 4.78 is 0. The molecule has 1 amide bonds. The van der Waals surface area contributed by atoms with Gasteiger partial charge in [-0.25, -0.2) is 4.98 Å². The van der Waals surface area contributed by atoms with Crippen molar-refractivity contribution in [3.05, 3.63) is 53.7 Å². The molecule has 1 atom stereocenters. The van der Waals surface area contributed by atoms with E-state index in [0.717, 1.165) is 44.0 Å². The lowest BCUT2D eigenvalue weighted by Gasteiger charge is -2.26. The SMILES string of the molecule is CCN(CC)c1ccc(C(=O)N2CCCC2c2cccc(N(C)C)c2)cn1. The third-order valence-corrected chi connectivity index (χ3v) is 5.37. The number of hydrogen-bond acceptors (Lipinski definition) is 4. The maximum atomic E-state index is 13.1. The highest BCUT2D eigenvalue weighted by atomic mass is 16.2. The zero-order valence-corrected chi connectivity index (χ0v) is 16.9. The van der Waals surface area contributed by atoms with E-state index in [0.29, 0.717) is 5.56 Å². The first-order valence-corrected chi connectivity index (χ1v) is 9.84. The normalized spacial score (nSPS) is 16.4. The molecule has 5 nitrogen and oxygen atoms in total. The van der Waals surface area contributed by atoms with Crippen molar-refractivity contribution in [2.45, 2.75) is 32.7 Å². The van der Waals surface area contributed by atoms with E-state index in [9.17, 15) is 4.79 Å². The van der Waals surface area contributed by atoms with Crippen LogP contribution in [-0.2, 0) is 0 Å². The summed E-state index contributed by atoms with van der Waals surface area (Å²) in [6, 6.07) is 12.5. The van der Waals surface area contributed by atoms with Crippen molar-refractivity contribution < 1.29 is 4.79 Å². The summed E-state index contributed by atoms with van der Waals surface area (Å²) in [4.78, 5) is 23.9. The number of benzene rings is 1. The van der Waals surface area contributed by atoms with Crippen LogP contribution in [0.25, 0.3) is 0 Å². The number of anilines is 2. The standard InChI is InChI=1S/C22H30N4O/c1-5-25(6-2)21-13-12-18(16-23-21)22(27)26-14-8-11-20(26)17-9-7-10-19(15-17)24(3)4/h7,9-10,12-13,15-16,20H,5-6,8,11,14H2,1-4H3. The van der Waals surface area contributed by atoms with E-state index >= 15 is 0 Å². The quantitative estimate of drug-likeness (QED) is 0.775. The molecule has 1 unspecified atom stereocenters. The molecular weight excluding hydrogens is 336 g/mol. The summed E-state index contributed by atoms with van der Waals surface area (Å²) >= 11 is 0. The van der Waals surface area contributed by atoms with Crippen molar-refractivity contribution in [3.8, 4) is 0 Å². The Morgan fingerprint density at radius 2 is 1.96 bits per heavy atom. The number of nitrogens with zero attached hydrogens (tertiary/aromatic N) is 4. The average Bonchev–Trinajstić information content (AvgIpc) is 3.19. The maximum Gasteiger partial charge on any atom is 0.255 e. The molecule has 1 aliphatic heterocycles. The second-order valence-electron chi connectivity index (χ2n) is 7.22. The molecule has 1 aromatic carbocycles. The summed E-state index contributed by atoms with van der Waals surface area (Å²) in [5, 5.41) is 0. The van der Waals surface area contributed by atoms with Crippen molar-refractivity contribution >= 4 is 17.4 Å². The van der Waals surface area contributed by atoms with Crippen LogP contribution in [0.1, 0.15) is 48.7 Å². The zero-order valence-electron chi connectivity index (χ0n) is 16.9. The first-order chi connectivity index (χ1) is 13.0. The van der Waals surface area contributed by atoms with Gasteiger partial charge in [-0.1, -0.05) is 12.1 Å². The number of aromatic nitrogens is 1. The zero-order chi connectivity index (χ0) is 19.4. The number of carbonyl (C=O) groups is 1. The van der Waals surface area contributed by atoms with Crippen LogP contribution in [0.3, 0.4) is 0 Å². The molecule has 27 heavy (non-hydrogen) atoms. The molecule has 3 rings (SSSR count). The lowest BCUT2D eigenvalue weighted by molar-refractivity contribution is 0.0735. The molecule has 2 aromatic rings. The van der Waals surface area contributed by atoms with Crippen LogP contribution in [0, 0.1) is 0 Å². The Kier molecular flexibility index (Phi) is 5.99. The molecule has 144 valence electrons. The summed E-state index contributed by atoms with van der Waals surface area (Å²) in [6.07, 6.45) is 3.77. The smallest absolute Gasteiger partial charge is 0.255 e. The Labute approximate surface area is 162 Å². The number of hydrogen-bond donors (Lipinski definition) is 0. The number of pyridine rings is 1. The summed E-state index contributed by atoms with van der Waals surface area (Å²) in [6.45, 7) is 6.84. The highest BCUT2D eigenvalue weighted by molar-refractivity contribution is 5.94. The minimum atomic E-state index is 0.0753. The molecule has 0 spiro atoms. The molecule has 5 heteroatoms. The van der Waals surface area contributed by atoms with Gasteiger partial charge in [-0.05, 0) is 56.5 Å². The molecule has 1 aromatic heterocycles. The number of rotatable bonds is 6. The fourth-order valence-corrected chi connectivity index (χ4v) is 3.78. The van der Waals surface area contributed by atoms with Gasteiger partial charge in [-0.15, -0.1) is 0 Å². The van der Waals surface area contributed by atoms with Crippen molar-refractivity contribution in [1.29, 1.82) is 0 Å². The van der Waals surface area contributed by atoms with Gasteiger partial charge in [0.2, 0.25) is 0 Å². The van der Waals surface area contributed by atoms with Crippen LogP contribution in [-0.4, -0.2) is 49.5 Å². The maximum absolute atomic E-state index is 13.1. The lowest BCUT2D eigenvalue weighted by atomic mass is 10.0. The fraction of sp³-hybridized carbons (Fsp3) is 0.455. The molecule has 1 aliphatic rings. The van der Waals surface area contributed by atoms with Gasteiger partial charge in [0.05, 0.1) is 11.6 Å². The molecule has 1 saturated heterocycles. The number of likely N-dealkylation sites (tertiary alicyclic amines) is 1. The summed E-state index contributed by atoms with van der Waals surface area (Å²) in [5.74, 6) is 1.000. The molecular formula is C22H30N4O. The fourth-order valence-electron chi connectivity index (χ4n) is 3.78. The molecule has 1 fully saturated rings. The molecule has 2 heterocycles. The Bertz CT molecular complexity index is 768. The van der Waals surface area contributed by atoms with Crippen LogP contribution < -0.4 is 9.80 Å². The van der Waals surface area contributed by atoms with Crippen molar-refractivity contribution in [1.82, 2.24) is 9.88 Å². The predicted octanol–water partition coefficient (Wildman–Crippen LogP) is 3.97. The third-order valence-electron chi connectivity index (χ3n) is 5.37. The second-order valence-corrected chi connectivity index (χ2v) is 7.22. The summed E-state index contributed by atoms with van der Waals surface area (Å²) in [7, 11) is 4.08. The van der Waals surface area contributed by atoms with Crippen molar-refractivity contribution in [3.63, 3.8) is 0 Å². The van der Waals surface area contributed by atoms with Crippen LogP contribution in [0.4, 0.5) is 11.5 Å². The van der Waals surface area contributed by atoms with E-state index in [2.05, 4.69) is 52.9 Å². The van der Waals surface area contributed by atoms with Crippen LogP contribution >= 0.6 is 0 Å². The van der Waals surface area contributed by atoms with Crippen molar-refractivity contribution in [2.75, 3.05) is 43.5 Å². The predicted molar refractivity (Wildman–Crippen MR) is 112 cm³/mol. The Hall–Kier alpha value is -2.56. The van der Waals surface area contributed by atoms with Gasteiger partial charge in [0.25, 0.3) is 5.91 Å². The Balaban J connectivity index is 1.80. The lowest BCUT2D eigenvalue weighted by Crippen LogP contribution is -2.31. The van der Waals surface area contributed by atoms with Gasteiger partial charge >= 0.3 is 0 Å². The van der Waals surface area contributed by atoms with E-state index in [1.807, 2.05) is 31.1 Å². The Morgan fingerprint density at radius 1 is 1.19 bits per heavy atom. The minimum Gasteiger partial charge on any atom is -0.378 e. The first kappa shape index (κ1) is 19.2. The van der Waals surface area contributed by atoms with Crippen LogP contribution in [0.5, 0.6) is 0 Å². The van der Waals surface area contributed by atoms with Crippen LogP contribution in [0.2, 0.25) is 0 Å². The van der Waals surface area contributed by atoms with E-state index in [1.54, 1.807) is 6.20 Å². The van der Waals surface area contributed by atoms with E-state index < -0.39 is 0 Å². The summed E-state index contributed by atoms with van der Waals surface area (Å²) in [5.41, 5.74) is 3.04. The third kappa shape index (κ3) is 4.07. The van der Waals surface area contributed by atoms with Gasteiger partial charge in [-0.2, -0.15) is 0 Å². The van der Waals surface area contributed by atoms with Gasteiger partial charge in [0.1, 0.15) is 5.82 Å². The first-order valence-electron chi connectivity index (χ1n) is 9.84. The van der Waals surface area contributed by atoms with Gasteiger partial charge in [0, 0.05) is 45.6 Å². The highest BCUT2D eigenvalue weighted by Gasteiger charge is 2.31. The van der Waals surface area contributed by atoms with Gasteiger partial charge < -0.3 is 14.7 Å². The number of amides is 1. The van der Waals surface area contributed by atoms with E-state index in [-0.39, 0.29) is 11.9 Å². The van der Waals surface area contributed by atoms with E-state index in [4.69, 9.17) is 0 Å². The number of carbonyl (C=O) groups excluding carboxylic acids is 1. The van der Waals surface area contributed by atoms with Crippen LogP contribution in [0.15, 0.2) is 42.6 Å². The molecule has 0 aliphatic carbocycles. The molecule has 0 saturated carbocycles. The minimum absolute atomic E-state index is 0.0753. The van der Waals surface area contributed by atoms with Gasteiger partial charge in [0.15, 0.2) is 0 Å². The van der Waals surface area contributed by atoms with Gasteiger partial charge in [-0.3, -0.25) is 4.79 Å². The average molecular weight is 367 g/mol. The highest BCUT2D eigenvalue weighted by Crippen LogP contribution is 2.34.